The number of carbonyl (C=O) groups excluding carboxylic acids is 2. The molecule has 1 aromatic rings. The van der Waals surface area contributed by atoms with Crippen molar-refractivity contribution >= 4 is 11.8 Å². The van der Waals surface area contributed by atoms with E-state index in [0.717, 1.165) is 5.56 Å². The summed E-state index contributed by atoms with van der Waals surface area (Å²) in [5.41, 5.74) is 0.894. The van der Waals surface area contributed by atoms with Crippen molar-refractivity contribution in [3.8, 4) is 0 Å². The van der Waals surface area contributed by atoms with Crippen molar-refractivity contribution in [1.82, 2.24) is 15.1 Å². The van der Waals surface area contributed by atoms with Gasteiger partial charge < -0.3 is 15.1 Å². The Morgan fingerprint density at radius 3 is 2.58 bits per heavy atom. The van der Waals surface area contributed by atoms with Crippen LogP contribution < -0.4 is 5.32 Å². The van der Waals surface area contributed by atoms with E-state index in [2.05, 4.69) is 19.2 Å². The first kappa shape index (κ1) is 18.4. The molecule has 1 saturated heterocycles. The molecule has 0 unspecified atom stereocenters. The van der Waals surface area contributed by atoms with E-state index >= 15 is 0 Å². The Labute approximate surface area is 142 Å². The van der Waals surface area contributed by atoms with Crippen LogP contribution in [0.5, 0.6) is 0 Å². The van der Waals surface area contributed by atoms with Gasteiger partial charge in [-0.3, -0.25) is 9.59 Å². The third-order valence-electron chi connectivity index (χ3n) is 4.44. The molecule has 6 heteroatoms. The second-order valence-electron chi connectivity index (χ2n) is 6.58. The Morgan fingerprint density at radius 2 is 2.00 bits per heavy atom. The molecule has 1 aliphatic rings. The Hall–Kier alpha value is -1.95. The number of hydrogen-bond donors (Lipinski definition) is 1. The van der Waals surface area contributed by atoms with Crippen LogP contribution in [0.25, 0.3) is 0 Å². The molecule has 5 nitrogen and oxygen atoms in total. The van der Waals surface area contributed by atoms with Crippen LogP contribution in [0.4, 0.5) is 4.39 Å². The number of nitrogens with one attached hydrogen (secondary N) is 1. The van der Waals surface area contributed by atoms with Crippen LogP contribution in [0.15, 0.2) is 24.3 Å². The Kier molecular flexibility index (Phi) is 6.31. The molecular weight excluding hydrogens is 309 g/mol. The van der Waals surface area contributed by atoms with E-state index < -0.39 is 0 Å². The number of hydrogen-bond acceptors (Lipinski definition) is 3. The molecule has 0 aromatic heterocycles. The highest BCUT2D eigenvalue weighted by Crippen LogP contribution is 2.21. The highest BCUT2D eigenvalue weighted by atomic mass is 19.1. The van der Waals surface area contributed by atoms with Crippen molar-refractivity contribution < 1.29 is 14.0 Å². The van der Waals surface area contributed by atoms with E-state index in [0.29, 0.717) is 26.1 Å². The van der Waals surface area contributed by atoms with Gasteiger partial charge in [0.05, 0.1) is 12.6 Å². The summed E-state index contributed by atoms with van der Waals surface area (Å²) in [6, 6.07) is 6.17. The van der Waals surface area contributed by atoms with E-state index in [1.165, 1.54) is 12.1 Å². The van der Waals surface area contributed by atoms with Crippen molar-refractivity contribution in [3.05, 3.63) is 35.6 Å². The average Bonchev–Trinajstić information content (AvgIpc) is 2.70. The standard InChI is InChI=1S/C18H26FN3O2/c1-13(2)16-12-21(18(24)10-20-3)9-8-17(23)22(16)11-14-4-6-15(19)7-5-14/h4-7,13,16,20H,8-12H2,1-3H3/t16-/m1/s1. The quantitative estimate of drug-likeness (QED) is 0.890. The maximum atomic E-state index is 13.1. The van der Waals surface area contributed by atoms with Gasteiger partial charge in [-0.2, -0.15) is 0 Å². The fourth-order valence-electron chi connectivity index (χ4n) is 3.03. The van der Waals surface area contributed by atoms with Crippen LogP contribution in [-0.2, 0) is 16.1 Å². The van der Waals surface area contributed by atoms with Gasteiger partial charge >= 0.3 is 0 Å². The summed E-state index contributed by atoms with van der Waals surface area (Å²) in [4.78, 5) is 28.5. The monoisotopic (exact) mass is 335 g/mol. The second kappa shape index (κ2) is 8.24. The summed E-state index contributed by atoms with van der Waals surface area (Å²) in [6.07, 6.45) is 0.319. The maximum absolute atomic E-state index is 13.1. The maximum Gasteiger partial charge on any atom is 0.236 e. The van der Waals surface area contributed by atoms with Crippen molar-refractivity contribution in [2.24, 2.45) is 5.92 Å². The predicted molar refractivity (Wildman–Crippen MR) is 90.7 cm³/mol. The SMILES string of the molecule is CNCC(=O)N1CCC(=O)N(Cc2ccc(F)cc2)[C@@H](C(C)C)C1. The van der Waals surface area contributed by atoms with Crippen molar-refractivity contribution in [1.29, 1.82) is 0 Å². The first-order valence-corrected chi connectivity index (χ1v) is 8.38. The van der Waals surface area contributed by atoms with Crippen LogP contribution >= 0.6 is 0 Å². The first-order chi connectivity index (χ1) is 11.4. The Bertz CT molecular complexity index is 574. The zero-order chi connectivity index (χ0) is 17.7. The molecular formula is C18H26FN3O2. The van der Waals surface area contributed by atoms with Crippen molar-refractivity contribution in [3.63, 3.8) is 0 Å². The molecule has 24 heavy (non-hydrogen) atoms. The van der Waals surface area contributed by atoms with Crippen LogP contribution in [0.1, 0.15) is 25.8 Å². The normalized spacial score (nSPS) is 18.9. The zero-order valence-corrected chi connectivity index (χ0v) is 14.6. The van der Waals surface area contributed by atoms with E-state index in [-0.39, 0.29) is 36.1 Å². The van der Waals surface area contributed by atoms with Crippen molar-refractivity contribution in [2.75, 3.05) is 26.7 Å². The second-order valence-corrected chi connectivity index (χ2v) is 6.58. The molecule has 1 fully saturated rings. The van der Waals surface area contributed by atoms with Crippen LogP contribution in [-0.4, -0.2) is 54.3 Å². The Morgan fingerprint density at radius 1 is 1.33 bits per heavy atom. The summed E-state index contributed by atoms with van der Waals surface area (Å²) in [5.74, 6) is -0.0139. The first-order valence-electron chi connectivity index (χ1n) is 8.38. The van der Waals surface area contributed by atoms with Crippen LogP contribution in [0.3, 0.4) is 0 Å². The average molecular weight is 335 g/mol. The van der Waals surface area contributed by atoms with Gasteiger partial charge in [0.25, 0.3) is 0 Å². The zero-order valence-electron chi connectivity index (χ0n) is 14.6. The summed E-state index contributed by atoms with van der Waals surface area (Å²) in [7, 11) is 1.74. The number of nitrogens with zero attached hydrogens (tertiary/aromatic N) is 2. The largest absolute Gasteiger partial charge is 0.339 e. The van der Waals surface area contributed by atoms with Gasteiger partial charge in [0, 0.05) is 26.1 Å². The summed E-state index contributed by atoms with van der Waals surface area (Å²) in [5, 5.41) is 2.87. The number of carbonyl (C=O) groups is 2. The molecule has 1 aromatic carbocycles. The minimum absolute atomic E-state index is 0.0135. The van der Waals surface area contributed by atoms with Crippen LogP contribution in [0.2, 0.25) is 0 Å². The summed E-state index contributed by atoms with van der Waals surface area (Å²) >= 11 is 0. The third-order valence-corrected chi connectivity index (χ3v) is 4.44. The Balaban J connectivity index is 2.19. The molecule has 0 radical (unpaired) electrons. The van der Waals surface area contributed by atoms with Gasteiger partial charge in [0.2, 0.25) is 11.8 Å². The lowest BCUT2D eigenvalue weighted by molar-refractivity contribution is -0.134. The van der Waals surface area contributed by atoms with Gasteiger partial charge in [-0.1, -0.05) is 26.0 Å². The number of rotatable bonds is 5. The number of benzene rings is 1. The molecule has 1 heterocycles. The molecule has 0 aliphatic carbocycles. The highest BCUT2D eigenvalue weighted by Gasteiger charge is 2.33. The minimum atomic E-state index is -0.287. The predicted octanol–water partition coefficient (Wildman–Crippen LogP) is 1.63. The lowest BCUT2D eigenvalue weighted by Crippen LogP contribution is -2.48. The smallest absolute Gasteiger partial charge is 0.236 e. The van der Waals surface area contributed by atoms with E-state index in [9.17, 15) is 14.0 Å². The van der Waals surface area contributed by atoms with Gasteiger partial charge in [-0.05, 0) is 30.7 Å². The summed E-state index contributed by atoms with van der Waals surface area (Å²) in [6.45, 7) is 5.81. The number of likely N-dealkylation sites (N-methyl/N-ethyl adjacent to an activating group) is 1. The molecule has 1 N–H and O–H groups in total. The van der Waals surface area contributed by atoms with Crippen molar-refractivity contribution in [2.45, 2.75) is 32.9 Å². The molecule has 0 spiro atoms. The van der Waals surface area contributed by atoms with E-state index in [1.54, 1.807) is 24.1 Å². The van der Waals surface area contributed by atoms with E-state index in [4.69, 9.17) is 0 Å². The number of amides is 2. The van der Waals surface area contributed by atoms with Gasteiger partial charge in [0.15, 0.2) is 0 Å². The lowest BCUT2D eigenvalue weighted by Gasteiger charge is -2.34. The number of halogens is 1. The van der Waals surface area contributed by atoms with Gasteiger partial charge in [-0.25, -0.2) is 4.39 Å². The van der Waals surface area contributed by atoms with Gasteiger partial charge in [-0.15, -0.1) is 0 Å². The molecule has 1 aliphatic heterocycles. The molecule has 0 bridgehead atoms. The molecule has 132 valence electrons. The van der Waals surface area contributed by atoms with E-state index in [1.807, 2.05) is 4.90 Å². The lowest BCUT2D eigenvalue weighted by atomic mass is 10.0. The minimum Gasteiger partial charge on any atom is -0.339 e. The molecule has 0 saturated carbocycles. The van der Waals surface area contributed by atoms with Crippen LogP contribution in [0, 0.1) is 11.7 Å². The highest BCUT2D eigenvalue weighted by molar-refractivity contribution is 5.81. The summed E-state index contributed by atoms with van der Waals surface area (Å²) < 4.78 is 13.1. The third kappa shape index (κ3) is 4.54. The van der Waals surface area contributed by atoms with Gasteiger partial charge in [0.1, 0.15) is 5.82 Å². The fraction of sp³-hybridized carbons (Fsp3) is 0.556. The fourth-order valence-corrected chi connectivity index (χ4v) is 3.03. The molecule has 1 atom stereocenters. The topological polar surface area (TPSA) is 52.7 Å². The molecule has 2 rings (SSSR count). The molecule has 2 amide bonds.